The Labute approximate surface area is 202 Å². The normalized spacial score (nSPS) is 12.0. The van der Waals surface area contributed by atoms with Crippen molar-refractivity contribution < 1.29 is 23.8 Å². The molecule has 4 aromatic rings. The van der Waals surface area contributed by atoms with Gasteiger partial charge in [0.25, 0.3) is 0 Å². The summed E-state index contributed by atoms with van der Waals surface area (Å²) < 4.78 is 25.2. The highest BCUT2D eigenvalue weighted by atomic mass is 19.1. The fraction of sp³-hybridized carbons (Fsp3) is 0.269. The van der Waals surface area contributed by atoms with Crippen LogP contribution in [0.1, 0.15) is 30.7 Å². The lowest BCUT2D eigenvalue weighted by Crippen LogP contribution is -2.19. The molecule has 0 aliphatic heterocycles. The van der Waals surface area contributed by atoms with Crippen LogP contribution < -0.4 is 14.8 Å². The number of fused-ring (bicyclic) bond motifs is 1. The number of methoxy groups -OCH3 is 1. The van der Waals surface area contributed by atoms with Crippen LogP contribution in [0.25, 0.3) is 22.3 Å². The van der Waals surface area contributed by atoms with E-state index in [0.29, 0.717) is 42.5 Å². The van der Waals surface area contributed by atoms with E-state index >= 15 is 0 Å². The first-order chi connectivity index (χ1) is 16.9. The number of aliphatic carboxylic acids is 1. The molecule has 35 heavy (non-hydrogen) atoms. The quantitative estimate of drug-likeness (QED) is 0.272. The monoisotopic (exact) mass is 478 g/mol. The summed E-state index contributed by atoms with van der Waals surface area (Å²) in [7, 11) is 1.60. The maximum absolute atomic E-state index is 14.2. The Hall–Kier alpha value is -3.98. The molecule has 0 bridgehead atoms. The van der Waals surface area contributed by atoms with E-state index in [1.54, 1.807) is 14.0 Å². The first kappa shape index (κ1) is 24.2. The van der Waals surface area contributed by atoms with Crippen LogP contribution in [0.15, 0.2) is 54.7 Å². The molecule has 2 aromatic carbocycles. The number of carbonyl (C=O) groups is 1. The summed E-state index contributed by atoms with van der Waals surface area (Å²) in [5, 5.41) is 13.3. The van der Waals surface area contributed by atoms with E-state index < -0.39 is 17.7 Å². The number of benzene rings is 2. The molecule has 0 aliphatic rings. The summed E-state index contributed by atoms with van der Waals surface area (Å²) in [6.45, 7) is 3.01. The Kier molecular flexibility index (Phi) is 7.57. The van der Waals surface area contributed by atoms with Gasteiger partial charge in [0.1, 0.15) is 11.5 Å². The molecule has 0 aliphatic carbocycles. The van der Waals surface area contributed by atoms with Gasteiger partial charge in [-0.15, -0.1) is 0 Å². The number of nitrogens with one attached hydrogen (secondary N) is 2. The molecule has 9 heteroatoms. The fourth-order valence-electron chi connectivity index (χ4n) is 3.59. The van der Waals surface area contributed by atoms with E-state index in [1.165, 1.54) is 6.20 Å². The third-order valence-corrected chi connectivity index (χ3v) is 5.67. The minimum absolute atomic E-state index is 0.275. The Morgan fingerprint density at radius 1 is 1.17 bits per heavy atom. The van der Waals surface area contributed by atoms with E-state index in [4.69, 9.17) is 9.47 Å². The van der Waals surface area contributed by atoms with Crippen LogP contribution in [0.2, 0.25) is 0 Å². The predicted octanol–water partition coefficient (Wildman–Crippen LogP) is 4.52. The summed E-state index contributed by atoms with van der Waals surface area (Å²) in [5.74, 6) is -0.0515. The highest BCUT2D eigenvalue weighted by molar-refractivity contribution is 5.84. The van der Waals surface area contributed by atoms with Gasteiger partial charge in [0.05, 0.1) is 31.5 Å². The number of rotatable bonds is 11. The Morgan fingerprint density at radius 2 is 1.94 bits per heavy atom. The molecule has 0 radical (unpaired) electrons. The van der Waals surface area contributed by atoms with Crippen molar-refractivity contribution in [1.29, 1.82) is 0 Å². The number of hydrogen-bond acceptors (Lipinski definition) is 6. The van der Waals surface area contributed by atoms with E-state index in [9.17, 15) is 14.3 Å². The lowest BCUT2D eigenvalue weighted by atomic mass is 10.1. The maximum Gasteiger partial charge on any atom is 0.312 e. The summed E-state index contributed by atoms with van der Waals surface area (Å²) >= 11 is 0. The number of nitrogens with zero attached hydrogens (tertiary/aromatic N) is 2. The number of hydrogen-bond donors (Lipinski definition) is 3. The molecule has 0 spiro atoms. The molecule has 0 saturated heterocycles. The Morgan fingerprint density at radius 3 is 2.69 bits per heavy atom. The largest absolute Gasteiger partial charge is 0.497 e. The van der Waals surface area contributed by atoms with Gasteiger partial charge in [-0.25, -0.2) is 14.4 Å². The van der Waals surface area contributed by atoms with Crippen molar-refractivity contribution in [2.75, 3.05) is 20.3 Å². The molecule has 1 atom stereocenters. The number of aromatic nitrogens is 3. The minimum atomic E-state index is -0.876. The molecule has 1 unspecified atom stereocenters. The van der Waals surface area contributed by atoms with Crippen LogP contribution in [0.5, 0.6) is 11.5 Å². The molecular formula is C26H27FN4O4. The highest BCUT2D eigenvalue weighted by Crippen LogP contribution is 2.25. The minimum Gasteiger partial charge on any atom is -0.497 e. The van der Waals surface area contributed by atoms with Crippen molar-refractivity contribution in [3.8, 4) is 22.9 Å². The van der Waals surface area contributed by atoms with Crippen LogP contribution in [0, 0.1) is 5.82 Å². The van der Waals surface area contributed by atoms with Gasteiger partial charge in [-0.2, -0.15) is 0 Å². The van der Waals surface area contributed by atoms with Crippen molar-refractivity contribution in [3.63, 3.8) is 0 Å². The molecule has 0 fully saturated rings. The number of halogens is 1. The summed E-state index contributed by atoms with van der Waals surface area (Å²) in [4.78, 5) is 22.8. The van der Waals surface area contributed by atoms with Crippen LogP contribution in [0.4, 0.5) is 4.39 Å². The van der Waals surface area contributed by atoms with Gasteiger partial charge in [-0.1, -0.05) is 0 Å². The van der Waals surface area contributed by atoms with E-state index in [-0.39, 0.29) is 6.54 Å². The first-order valence-corrected chi connectivity index (χ1v) is 11.3. The lowest BCUT2D eigenvalue weighted by Gasteiger charge is -2.09. The standard InChI is InChI=1S/C26H27FN4O4/c1-16(26(32)33)23-13-18-12-20(8-9-22(18)30-23)35-11-3-10-28-15-24-21(27)14-29-25(31-24)17-4-6-19(34-2)7-5-17/h4-9,12-14,16,28,30H,3,10-11,15H2,1-2H3,(H,32,33). The van der Waals surface area contributed by atoms with E-state index in [1.807, 2.05) is 48.5 Å². The highest BCUT2D eigenvalue weighted by Gasteiger charge is 2.16. The second kappa shape index (κ2) is 11.0. The van der Waals surface area contributed by atoms with Gasteiger partial charge >= 0.3 is 5.97 Å². The summed E-state index contributed by atoms with van der Waals surface area (Å²) in [5.41, 5.74) is 2.60. The second-order valence-corrected chi connectivity index (χ2v) is 8.13. The average Bonchev–Trinajstić information content (AvgIpc) is 3.30. The van der Waals surface area contributed by atoms with Gasteiger partial charge < -0.3 is 24.9 Å². The van der Waals surface area contributed by atoms with Gasteiger partial charge in [0.15, 0.2) is 11.6 Å². The van der Waals surface area contributed by atoms with Gasteiger partial charge in [-0.05, 0) is 68.4 Å². The zero-order valence-electron chi connectivity index (χ0n) is 19.5. The average molecular weight is 479 g/mol. The van der Waals surface area contributed by atoms with Crippen molar-refractivity contribution in [1.82, 2.24) is 20.3 Å². The zero-order chi connectivity index (χ0) is 24.8. The number of H-pyrrole nitrogens is 1. The fourth-order valence-corrected chi connectivity index (χ4v) is 3.59. The SMILES string of the molecule is COc1ccc(-c2ncc(F)c(CNCCCOc3ccc4[nH]c(C(C)C(=O)O)cc4c3)n2)cc1. The zero-order valence-corrected chi connectivity index (χ0v) is 19.5. The number of aromatic amines is 1. The maximum atomic E-state index is 14.2. The third-order valence-electron chi connectivity index (χ3n) is 5.67. The predicted molar refractivity (Wildman–Crippen MR) is 130 cm³/mol. The van der Waals surface area contributed by atoms with Crippen molar-refractivity contribution in [3.05, 3.63) is 71.9 Å². The van der Waals surface area contributed by atoms with Crippen LogP contribution >= 0.6 is 0 Å². The molecule has 3 N–H and O–H groups in total. The number of ether oxygens (including phenoxy) is 2. The Balaban J connectivity index is 1.26. The first-order valence-electron chi connectivity index (χ1n) is 11.3. The molecule has 2 heterocycles. The second-order valence-electron chi connectivity index (χ2n) is 8.13. The van der Waals surface area contributed by atoms with Crippen molar-refractivity contribution >= 4 is 16.9 Å². The molecule has 0 amide bonds. The molecule has 2 aromatic heterocycles. The van der Waals surface area contributed by atoms with Crippen LogP contribution in [-0.4, -0.2) is 46.3 Å². The molecule has 8 nitrogen and oxygen atoms in total. The van der Waals surface area contributed by atoms with Gasteiger partial charge in [0, 0.05) is 28.7 Å². The molecule has 4 rings (SSSR count). The molecular weight excluding hydrogens is 451 g/mol. The number of carboxylic acids is 1. The summed E-state index contributed by atoms with van der Waals surface area (Å²) in [6, 6.07) is 14.7. The van der Waals surface area contributed by atoms with Crippen LogP contribution in [-0.2, 0) is 11.3 Å². The van der Waals surface area contributed by atoms with Crippen LogP contribution in [0.3, 0.4) is 0 Å². The lowest BCUT2D eigenvalue weighted by molar-refractivity contribution is -0.138. The van der Waals surface area contributed by atoms with E-state index in [2.05, 4.69) is 20.3 Å². The van der Waals surface area contributed by atoms with Gasteiger partial charge in [0.2, 0.25) is 0 Å². The topological polar surface area (TPSA) is 109 Å². The molecule has 182 valence electrons. The number of carboxylic acid groups (broad SMARTS) is 1. The smallest absolute Gasteiger partial charge is 0.312 e. The Bertz CT molecular complexity index is 1310. The third kappa shape index (κ3) is 5.93. The summed E-state index contributed by atoms with van der Waals surface area (Å²) in [6.07, 6.45) is 1.90. The van der Waals surface area contributed by atoms with Gasteiger partial charge in [-0.3, -0.25) is 4.79 Å². The molecule has 0 saturated carbocycles. The van der Waals surface area contributed by atoms with E-state index in [0.717, 1.165) is 22.2 Å². The van der Waals surface area contributed by atoms with Crippen molar-refractivity contribution in [2.24, 2.45) is 0 Å². The van der Waals surface area contributed by atoms with Crippen molar-refractivity contribution in [2.45, 2.75) is 25.8 Å².